The highest BCUT2D eigenvalue weighted by atomic mass is 32.1. The minimum atomic E-state index is -0.745. The zero-order valence-electron chi connectivity index (χ0n) is 15.3. The molecule has 1 aliphatic heterocycles. The number of aromatic nitrogens is 1. The normalized spacial score (nSPS) is 16.5. The Morgan fingerprint density at radius 2 is 2.11 bits per heavy atom. The lowest BCUT2D eigenvalue weighted by atomic mass is 10.1. The summed E-state index contributed by atoms with van der Waals surface area (Å²) in [7, 11) is 0. The van der Waals surface area contributed by atoms with Gasteiger partial charge in [0.2, 0.25) is 6.10 Å². The van der Waals surface area contributed by atoms with E-state index in [0.29, 0.717) is 22.8 Å². The maximum atomic E-state index is 12.8. The number of para-hydroxylation sites is 2. The van der Waals surface area contributed by atoms with E-state index in [1.807, 2.05) is 28.8 Å². The molecule has 0 N–H and O–H groups in total. The van der Waals surface area contributed by atoms with Gasteiger partial charge in [0.05, 0.1) is 10.2 Å². The Morgan fingerprint density at radius 1 is 1.33 bits per heavy atom. The average molecular weight is 380 g/mol. The zero-order valence-corrected chi connectivity index (χ0v) is 16.1. The molecular weight excluding hydrogens is 360 g/mol. The predicted octanol–water partition coefficient (Wildman–Crippen LogP) is 3.77. The maximum absolute atomic E-state index is 12.8. The van der Waals surface area contributed by atoms with Crippen LogP contribution in [0.25, 0.3) is 10.2 Å². The lowest BCUT2D eigenvalue weighted by Crippen LogP contribution is -2.36. The number of hydrogen-bond acceptors (Lipinski definition) is 4. The van der Waals surface area contributed by atoms with Crippen molar-refractivity contribution in [3.05, 3.63) is 65.0 Å². The number of hydrogen-bond donors (Lipinski definition) is 0. The summed E-state index contributed by atoms with van der Waals surface area (Å²) < 4.78 is 14.6. The van der Waals surface area contributed by atoms with Gasteiger partial charge in [-0.3, -0.25) is 4.79 Å². The molecule has 0 aliphatic carbocycles. The van der Waals surface area contributed by atoms with Crippen LogP contribution < -0.4 is 14.3 Å². The number of nitrogens with zero attached hydrogens (tertiary/aromatic N) is 2. The van der Waals surface area contributed by atoms with Crippen molar-refractivity contribution in [2.24, 2.45) is 4.99 Å². The minimum absolute atomic E-state index is 0.157. The molecular formula is C21H20N2O3S. The van der Waals surface area contributed by atoms with Gasteiger partial charge in [-0.2, -0.15) is 4.99 Å². The monoisotopic (exact) mass is 380 g/mol. The predicted molar refractivity (Wildman–Crippen MR) is 106 cm³/mol. The highest BCUT2D eigenvalue weighted by Gasteiger charge is 2.27. The zero-order chi connectivity index (χ0) is 19.0. The molecule has 0 bridgehead atoms. The highest BCUT2D eigenvalue weighted by Crippen LogP contribution is 2.31. The van der Waals surface area contributed by atoms with Crippen LogP contribution in [-0.2, 0) is 11.3 Å². The number of fused-ring (bicyclic) bond motifs is 2. The number of aryl methyl sites for hydroxylation is 2. The maximum Gasteiger partial charge on any atom is 0.292 e. The Hall–Kier alpha value is -2.86. The fraction of sp³-hybridized carbons (Fsp3) is 0.238. The molecule has 0 saturated heterocycles. The summed E-state index contributed by atoms with van der Waals surface area (Å²) in [5.74, 6) is 0.874. The number of rotatable bonds is 3. The Labute approximate surface area is 161 Å². The first kappa shape index (κ1) is 17.5. The summed E-state index contributed by atoms with van der Waals surface area (Å²) in [6.45, 7) is 8.72. The average Bonchev–Trinajstić information content (AvgIpc) is 2.98. The summed E-state index contributed by atoms with van der Waals surface area (Å²) in [6.07, 6.45) is 1.07. The SMILES string of the molecule is C=CCn1c(=NC(=O)C2COc3ccccc3O2)sc2cc(C)cc(C)c21. The van der Waals surface area contributed by atoms with Crippen molar-refractivity contribution >= 4 is 27.5 Å². The molecule has 1 unspecified atom stereocenters. The second kappa shape index (κ2) is 7.04. The molecule has 1 atom stereocenters. The molecule has 1 amide bonds. The molecule has 3 aromatic rings. The van der Waals surface area contributed by atoms with Crippen molar-refractivity contribution in [1.82, 2.24) is 4.57 Å². The van der Waals surface area contributed by atoms with Crippen LogP contribution in [-0.4, -0.2) is 23.2 Å². The van der Waals surface area contributed by atoms with Gasteiger partial charge in [0.15, 0.2) is 16.3 Å². The second-order valence-electron chi connectivity index (χ2n) is 6.53. The molecule has 2 heterocycles. The third kappa shape index (κ3) is 3.28. The number of benzene rings is 2. The van der Waals surface area contributed by atoms with Crippen LogP contribution in [0.2, 0.25) is 0 Å². The van der Waals surface area contributed by atoms with E-state index in [9.17, 15) is 4.79 Å². The number of ether oxygens (including phenoxy) is 2. The van der Waals surface area contributed by atoms with Crippen LogP contribution >= 0.6 is 11.3 Å². The molecule has 5 nitrogen and oxygen atoms in total. The van der Waals surface area contributed by atoms with Crippen molar-refractivity contribution in [1.29, 1.82) is 0 Å². The smallest absolute Gasteiger partial charge is 0.292 e. The number of allylic oxidation sites excluding steroid dienone is 1. The Bertz CT molecular complexity index is 1110. The van der Waals surface area contributed by atoms with Gasteiger partial charge in [0.25, 0.3) is 5.91 Å². The van der Waals surface area contributed by atoms with E-state index in [2.05, 4.69) is 37.6 Å². The fourth-order valence-electron chi connectivity index (χ4n) is 3.28. The van der Waals surface area contributed by atoms with Crippen molar-refractivity contribution < 1.29 is 14.3 Å². The Balaban J connectivity index is 1.74. The Morgan fingerprint density at radius 3 is 2.89 bits per heavy atom. The topological polar surface area (TPSA) is 52.8 Å². The van der Waals surface area contributed by atoms with Gasteiger partial charge in [-0.05, 0) is 43.2 Å². The molecule has 0 spiro atoms. The van der Waals surface area contributed by atoms with Crippen molar-refractivity contribution in [3.63, 3.8) is 0 Å². The fourth-order valence-corrected chi connectivity index (χ4v) is 4.50. The summed E-state index contributed by atoms with van der Waals surface area (Å²) >= 11 is 1.50. The second-order valence-corrected chi connectivity index (χ2v) is 7.54. The summed E-state index contributed by atoms with van der Waals surface area (Å²) in [5, 5.41) is 0. The van der Waals surface area contributed by atoms with E-state index in [-0.39, 0.29) is 12.5 Å². The first-order chi connectivity index (χ1) is 13.1. The van der Waals surface area contributed by atoms with E-state index in [1.54, 1.807) is 6.07 Å². The molecule has 2 aromatic carbocycles. The van der Waals surface area contributed by atoms with Crippen molar-refractivity contribution in [3.8, 4) is 11.5 Å². The lowest BCUT2D eigenvalue weighted by molar-refractivity contribution is -0.127. The van der Waals surface area contributed by atoms with Gasteiger partial charge in [-0.15, -0.1) is 6.58 Å². The first-order valence-corrected chi connectivity index (χ1v) is 9.57. The molecule has 138 valence electrons. The van der Waals surface area contributed by atoms with E-state index in [1.165, 1.54) is 16.9 Å². The van der Waals surface area contributed by atoms with Crippen LogP contribution in [0.3, 0.4) is 0 Å². The third-order valence-corrected chi connectivity index (χ3v) is 5.44. The molecule has 0 fully saturated rings. The van der Waals surface area contributed by atoms with Crippen LogP contribution in [0.1, 0.15) is 11.1 Å². The van der Waals surface area contributed by atoms with E-state index >= 15 is 0 Å². The lowest BCUT2D eigenvalue weighted by Gasteiger charge is -2.23. The van der Waals surface area contributed by atoms with Crippen LogP contribution in [0.4, 0.5) is 0 Å². The molecule has 1 aromatic heterocycles. The van der Waals surface area contributed by atoms with Gasteiger partial charge < -0.3 is 14.0 Å². The van der Waals surface area contributed by atoms with Gasteiger partial charge in [0, 0.05) is 6.54 Å². The molecule has 4 rings (SSSR count). The molecule has 1 aliphatic rings. The van der Waals surface area contributed by atoms with Crippen LogP contribution in [0.5, 0.6) is 11.5 Å². The number of carbonyl (C=O) groups excluding carboxylic acids is 1. The number of carbonyl (C=O) groups is 1. The third-order valence-electron chi connectivity index (χ3n) is 4.41. The molecule has 6 heteroatoms. The quantitative estimate of drug-likeness (QED) is 0.650. The van der Waals surface area contributed by atoms with E-state index in [4.69, 9.17) is 9.47 Å². The Kier molecular flexibility index (Phi) is 4.58. The molecule has 0 radical (unpaired) electrons. The summed E-state index contributed by atoms with van der Waals surface area (Å²) in [4.78, 5) is 17.8. The van der Waals surface area contributed by atoms with Crippen LogP contribution in [0.15, 0.2) is 54.0 Å². The highest BCUT2D eigenvalue weighted by molar-refractivity contribution is 7.16. The van der Waals surface area contributed by atoms with E-state index in [0.717, 1.165) is 15.8 Å². The molecule has 0 saturated carbocycles. The summed E-state index contributed by atoms with van der Waals surface area (Å²) in [6, 6.07) is 11.6. The van der Waals surface area contributed by atoms with Gasteiger partial charge in [0.1, 0.15) is 6.61 Å². The number of amides is 1. The first-order valence-electron chi connectivity index (χ1n) is 8.75. The van der Waals surface area contributed by atoms with Gasteiger partial charge >= 0.3 is 0 Å². The largest absolute Gasteiger partial charge is 0.485 e. The summed E-state index contributed by atoms with van der Waals surface area (Å²) in [5.41, 5.74) is 3.43. The van der Waals surface area contributed by atoms with Crippen LogP contribution in [0, 0.1) is 13.8 Å². The van der Waals surface area contributed by atoms with Crippen molar-refractivity contribution in [2.75, 3.05) is 6.61 Å². The molecule has 27 heavy (non-hydrogen) atoms. The number of thiazole rings is 1. The van der Waals surface area contributed by atoms with Gasteiger partial charge in [-0.25, -0.2) is 0 Å². The van der Waals surface area contributed by atoms with Crippen molar-refractivity contribution in [2.45, 2.75) is 26.5 Å². The minimum Gasteiger partial charge on any atom is -0.485 e. The van der Waals surface area contributed by atoms with E-state index < -0.39 is 6.10 Å². The standard InChI is InChI=1S/C21H20N2O3S/c1-4-9-23-19-14(3)10-13(2)11-18(19)27-21(23)22-20(24)17-12-25-15-7-5-6-8-16(15)26-17/h4-8,10-11,17H,1,9,12H2,2-3H3. The van der Waals surface area contributed by atoms with Gasteiger partial charge in [-0.1, -0.05) is 35.6 Å².